The first kappa shape index (κ1) is 16.0. The summed E-state index contributed by atoms with van der Waals surface area (Å²) in [6.07, 6.45) is 4.00. The summed E-state index contributed by atoms with van der Waals surface area (Å²) >= 11 is 0. The highest BCUT2D eigenvalue weighted by molar-refractivity contribution is 7.91. The molecule has 2 aliphatic heterocycles. The summed E-state index contributed by atoms with van der Waals surface area (Å²) < 4.78 is 23.3. The largest absolute Gasteiger partial charge is 0.368 e. The highest BCUT2D eigenvalue weighted by Crippen LogP contribution is 2.23. The van der Waals surface area contributed by atoms with Gasteiger partial charge in [-0.15, -0.1) is 0 Å². The van der Waals surface area contributed by atoms with Gasteiger partial charge in [-0.05, 0) is 25.5 Å². The minimum Gasteiger partial charge on any atom is -0.368 e. The van der Waals surface area contributed by atoms with E-state index in [1.807, 2.05) is 19.1 Å². The number of carbonyl (C=O) groups excluding carboxylic acids is 1. The Morgan fingerprint density at radius 3 is 2.43 bits per heavy atom. The molecule has 0 aliphatic carbocycles. The number of pyridine rings is 1. The van der Waals surface area contributed by atoms with E-state index in [2.05, 4.69) is 15.2 Å². The van der Waals surface area contributed by atoms with Crippen molar-refractivity contribution in [3.63, 3.8) is 0 Å². The van der Waals surface area contributed by atoms with Gasteiger partial charge in [0.1, 0.15) is 0 Å². The fraction of sp³-hybridized carbons (Fsp3) is 0.600. The maximum Gasteiger partial charge on any atom is 0.317 e. The molecule has 3 rings (SSSR count). The molecule has 3 heterocycles. The van der Waals surface area contributed by atoms with Crippen molar-refractivity contribution in [1.29, 1.82) is 0 Å². The molecule has 2 amide bonds. The average molecular weight is 338 g/mol. The lowest BCUT2D eigenvalue weighted by Crippen LogP contribution is -2.57. The van der Waals surface area contributed by atoms with Gasteiger partial charge in [0.15, 0.2) is 9.84 Å². The molecule has 8 heteroatoms. The van der Waals surface area contributed by atoms with Crippen LogP contribution in [0, 0.1) is 0 Å². The normalized spacial score (nSPS) is 27.0. The number of urea groups is 1. The number of carbonyl (C=O) groups is 1. The molecule has 7 nitrogen and oxygen atoms in total. The fourth-order valence-corrected chi connectivity index (χ4v) is 5.26. The van der Waals surface area contributed by atoms with E-state index in [9.17, 15) is 13.2 Å². The van der Waals surface area contributed by atoms with Gasteiger partial charge < -0.3 is 15.1 Å². The summed E-state index contributed by atoms with van der Waals surface area (Å²) in [4.78, 5) is 20.4. The molecule has 23 heavy (non-hydrogen) atoms. The predicted molar refractivity (Wildman–Crippen MR) is 88.2 cm³/mol. The highest BCUT2D eigenvalue weighted by Gasteiger charge is 2.40. The van der Waals surface area contributed by atoms with Crippen LogP contribution in [0.4, 0.5) is 10.5 Å². The second-order valence-corrected chi connectivity index (χ2v) is 8.70. The summed E-state index contributed by atoms with van der Waals surface area (Å²) in [5.41, 5.74) is 0.465. The van der Waals surface area contributed by atoms with E-state index >= 15 is 0 Å². The van der Waals surface area contributed by atoms with E-state index in [-0.39, 0.29) is 17.5 Å². The number of piperazine rings is 1. The molecule has 1 atom stereocenters. The lowest BCUT2D eigenvalue weighted by Gasteiger charge is -2.37. The third-order valence-electron chi connectivity index (χ3n) is 4.51. The van der Waals surface area contributed by atoms with Crippen LogP contribution < -0.4 is 10.2 Å². The molecular formula is C15H22N4O3S. The van der Waals surface area contributed by atoms with Gasteiger partial charge in [0.05, 0.1) is 17.0 Å². The van der Waals surface area contributed by atoms with Crippen LogP contribution in [0.1, 0.15) is 13.3 Å². The second-order valence-electron chi connectivity index (χ2n) is 6.51. The minimum atomic E-state index is -3.02. The van der Waals surface area contributed by atoms with Crippen LogP contribution >= 0.6 is 0 Å². The summed E-state index contributed by atoms with van der Waals surface area (Å²) in [5, 5.41) is 2.91. The number of hydrogen-bond donors (Lipinski definition) is 1. The van der Waals surface area contributed by atoms with Crippen LogP contribution in [0.3, 0.4) is 0 Å². The number of nitrogens with one attached hydrogen (secondary N) is 1. The third kappa shape index (κ3) is 3.74. The second kappa shape index (κ2) is 5.99. The first-order valence-corrected chi connectivity index (χ1v) is 9.62. The Kier molecular flexibility index (Phi) is 4.18. The van der Waals surface area contributed by atoms with Gasteiger partial charge in [-0.25, -0.2) is 13.2 Å². The summed E-state index contributed by atoms with van der Waals surface area (Å²) in [6, 6.07) is 3.75. The zero-order valence-corrected chi connectivity index (χ0v) is 14.1. The fourth-order valence-electron chi connectivity index (χ4n) is 3.17. The molecule has 1 aromatic heterocycles. The number of amides is 2. The molecule has 0 bridgehead atoms. The van der Waals surface area contributed by atoms with Crippen molar-refractivity contribution in [2.45, 2.75) is 18.9 Å². The first-order valence-electron chi connectivity index (χ1n) is 7.79. The smallest absolute Gasteiger partial charge is 0.317 e. The molecule has 1 aromatic rings. The zero-order chi connectivity index (χ0) is 16.5. The summed E-state index contributed by atoms with van der Waals surface area (Å²) in [5.74, 6) is 0.183. The van der Waals surface area contributed by atoms with Crippen LogP contribution in [-0.2, 0) is 9.84 Å². The number of sulfone groups is 1. The summed E-state index contributed by atoms with van der Waals surface area (Å²) in [7, 11) is -3.02. The van der Waals surface area contributed by atoms with E-state index in [1.54, 1.807) is 17.3 Å². The lowest BCUT2D eigenvalue weighted by molar-refractivity contribution is 0.184. The van der Waals surface area contributed by atoms with E-state index in [0.29, 0.717) is 19.5 Å². The Morgan fingerprint density at radius 1 is 1.22 bits per heavy atom. The molecule has 126 valence electrons. The number of aromatic nitrogens is 1. The van der Waals surface area contributed by atoms with Gasteiger partial charge in [-0.1, -0.05) is 0 Å². The molecular weight excluding hydrogens is 316 g/mol. The molecule has 0 spiro atoms. The molecule has 0 saturated carbocycles. The number of anilines is 1. The van der Waals surface area contributed by atoms with Crippen LogP contribution in [0.2, 0.25) is 0 Å². The highest BCUT2D eigenvalue weighted by atomic mass is 32.2. The standard InChI is InChI=1S/C15H22N4O3S/c1-15(4-11-23(21,22)12-15)17-14(20)19-9-7-18(8-10-19)13-2-5-16-6-3-13/h2-3,5-6H,4,7-12H2,1H3,(H,17,20)/t15-/m1/s1. The predicted octanol–water partition coefficient (Wildman–Crippen LogP) is 0.490. The molecule has 1 N–H and O–H groups in total. The van der Waals surface area contributed by atoms with E-state index < -0.39 is 15.4 Å². The SMILES string of the molecule is C[C@@]1(NC(=O)N2CCN(c3ccncc3)CC2)CCS(=O)(=O)C1. The van der Waals surface area contributed by atoms with Crippen LogP contribution in [0.25, 0.3) is 0 Å². The Morgan fingerprint density at radius 2 is 1.87 bits per heavy atom. The van der Waals surface area contributed by atoms with Gasteiger partial charge in [0.25, 0.3) is 0 Å². The van der Waals surface area contributed by atoms with Crippen molar-refractivity contribution in [2.24, 2.45) is 0 Å². The average Bonchev–Trinajstić information content (AvgIpc) is 2.81. The minimum absolute atomic E-state index is 0.0305. The van der Waals surface area contributed by atoms with Crippen LogP contribution in [-0.4, -0.2) is 67.6 Å². The van der Waals surface area contributed by atoms with Crippen molar-refractivity contribution in [1.82, 2.24) is 15.2 Å². The van der Waals surface area contributed by atoms with E-state index in [4.69, 9.17) is 0 Å². The molecule has 0 unspecified atom stereocenters. The van der Waals surface area contributed by atoms with E-state index in [0.717, 1.165) is 18.8 Å². The van der Waals surface area contributed by atoms with Gasteiger partial charge in [0, 0.05) is 44.3 Å². The number of rotatable bonds is 2. The Labute approximate surface area is 136 Å². The van der Waals surface area contributed by atoms with Gasteiger partial charge in [-0.2, -0.15) is 0 Å². The van der Waals surface area contributed by atoms with Crippen molar-refractivity contribution < 1.29 is 13.2 Å². The maximum atomic E-state index is 12.4. The zero-order valence-electron chi connectivity index (χ0n) is 13.2. The third-order valence-corrected chi connectivity index (χ3v) is 6.41. The van der Waals surface area contributed by atoms with Gasteiger partial charge in [-0.3, -0.25) is 4.98 Å². The first-order chi connectivity index (χ1) is 10.9. The Bertz CT molecular complexity index is 671. The van der Waals surface area contributed by atoms with Crippen molar-refractivity contribution in [2.75, 3.05) is 42.6 Å². The monoisotopic (exact) mass is 338 g/mol. The molecule has 2 fully saturated rings. The number of nitrogens with zero attached hydrogens (tertiary/aromatic N) is 3. The van der Waals surface area contributed by atoms with Crippen molar-refractivity contribution in [3.05, 3.63) is 24.5 Å². The van der Waals surface area contributed by atoms with Gasteiger partial charge >= 0.3 is 6.03 Å². The Balaban J connectivity index is 1.55. The van der Waals surface area contributed by atoms with Crippen LogP contribution in [0.15, 0.2) is 24.5 Å². The molecule has 2 aliphatic rings. The van der Waals surface area contributed by atoms with E-state index in [1.165, 1.54) is 0 Å². The lowest BCUT2D eigenvalue weighted by atomic mass is 10.0. The maximum absolute atomic E-state index is 12.4. The quantitative estimate of drug-likeness (QED) is 0.849. The number of hydrogen-bond acceptors (Lipinski definition) is 5. The topological polar surface area (TPSA) is 82.6 Å². The summed E-state index contributed by atoms with van der Waals surface area (Å²) in [6.45, 7) is 4.57. The van der Waals surface area contributed by atoms with Gasteiger partial charge in [0.2, 0.25) is 0 Å². The van der Waals surface area contributed by atoms with Crippen molar-refractivity contribution in [3.8, 4) is 0 Å². The Hall–Kier alpha value is -1.83. The molecule has 2 saturated heterocycles. The molecule has 0 radical (unpaired) electrons. The van der Waals surface area contributed by atoms with Crippen molar-refractivity contribution >= 4 is 21.6 Å². The molecule has 0 aromatic carbocycles. The van der Waals surface area contributed by atoms with Crippen LogP contribution in [0.5, 0.6) is 0 Å².